The van der Waals surface area contributed by atoms with Gasteiger partial charge in [-0.15, -0.1) is 11.1 Å². The Balaban J connectivity index is 3.15. The van der Waals surface area contributed by atoms with E-state index in [0.29, 0.717) is 0 Å². The molecule has 0 aliphatic carbocycles. The molecule has 0 radical (unpaired) electrons. The maximum Gasteiger partial charge on any atom is 0.298 e. The second-order valence-electron chi connectivity index (χ2n) is 1.75. The van der Waals surface area contributed by atoms with E-state index >= 15 is 0 Å². The van der Waals surface area contributed by atoms with Crippen LogP contribution in [0.3, 0.4) is 0 Å². The average Bonchev–Trinajstić information content (AvgIpc) is 1.85. The largest absolute Gasteiger partial charge is 0.403 e. The van der Waals surface area contributed by atoms with Crippen molar-refractivity contribution in [1.29, 1.82) is 0 Å². The monoisotopic (exact) mass is 164 g/mol. The minimum absolute atomic E-state index is 0.796. The Hall–Kier alpha value is 0.207. The fourth-order valence-electron chi connectivity index (χ4n) is 0.437. The molecule has 0 saturated carbocycles. The van der Waals surface area contributed by atoms with Gasteiger partial charge >= 0.3 is 0 Å². The third-order valence-corrected chi connectivity index (χ3v) is 2.88. The molecule has 0 aliphatic heterocycles. The molecule has 0 aliphatic rings. The van der Waals surface area contributed by atoms with E-state index in [0.717, 1.165) is 13.0 Å². The van der Waals surface area contributed by atoms with Crippen LogP contribution in [0.15, 0.2) is 11.8 Å². The van der Waals surface area contributed by atoms with Crippen molar-refractivity contribution in [2.45, 2.75) is 20.3 Å². The molecule has 3 heteroatoms. The van der Waals surface area contributed by atoms with Crippen molar-refractivity contribution in [3.63, 3.8) is 0 Å². The van der Waals surface area contributed by atoms with E-state index in [9.17, 15) is 0 Å². The summed E-state index contributed by atoms with van der Waals surface area (Å²) in [6, 6.07) is 0. The van der Waals surface area contributed by atoms with Crippen molar-refractivity contribution in [3.8, 4) is 0 Å². The Kier molecular flexibility index (Phi) is 6.47. The molecule has 1 nitrogen and oxygen atoms in total. The molecule has 0 aromatic carbocycles. The summed E-state index contributed by atoms with van der Waals surface area (Å²) in [5.41, 5.74) is 1.96. The number of rotatable bonds is 4. The zero-order valence-corrected chi connectivity index (χ0v) is 7.84. The van der Waals surface area contributed by atoms with Gasteiger partial charge in [-0.1, -0.05) is 18.7 Å². The van der Waals surface area contributed by atoms with Crippen LogP contribution in [-0.4, -0.2) is 15.0 Å². The quantitative estimate of drug-likeness (QED) is 0.456. The van der Waals surface area contributed by atoms with Crippen LogP contribution in [0, 0.1) is 0 Å². The Morgan fingerprint density at radius 2 is 2.33 bits per heavy atom. The molecule has 54 valence electrons. The molecule has 0 amide bonds. The van der Waals surface area contributed by atoms with Crippen LogP contribution in [0.2, 0.25) is 0 Å². The van der Waals surface area contributed by atoms with Crippen molar-refractivity contribution in [2.24, 2.45) is 0 Å². The Morgan fingerprint density at radius 3 is 2.78 bits per heavy atom. The summed E-state index contributed by atoms with van der Waals surface area (Å²) >= 11 is 5.79. The van der Waals surface area contributed by atoms with E-state index in [1.807, 2.05) is 18.7 Å². The Bertz CT molecular complexity index is 85.1. The topological polar surface area (TPSA) is 9.23 Å². The molecule has 9 heavy (non-hydrogen) atoms. The standard InChI is InChI=1S/C6H13ClOSi/c1-3-5-8-9(7)6-4-2/h4,6,9H,3,5H2,1-2H3. The van der Waals surface area contributed by atoms with Gasteiger partial charge in [0, 0.05) is 6.61 Å². The zero-order valence-electron chi connectivity index (χ0n) is 5.93. The van der Waals surface area contributed by atoms with Crippen LogP contribution in [0.1, 0.15) is 20.3 Å². The lowest BCUT2D eigenvalue weighted by molar-refractivity contribution is 0.336. The molecule has 1 atom stereocenters. The van der Waals surface area contributed by atoms with E-state index in [4.69, 9.17) is 15.5 Å². The lowest BCUT2D eigenvalue weighted by Crippen LogP contribution is -2.07. The summed E-state index contributed by atoms with van der Waals surface area (Å²) in [6.07, 6.45) is 2.99. The van der Waals surface area contributed by atoms with Crippen molar-refractivity contribution >= 4 is 19.4 Å². The highest BCUT2D eigenvalue weighted by Gasteiger charge is 1.98. The molecular weight excluding hydrogens is 152 g/mol. The second kappa shape index (κ2) is 6.33. The molecule has 0 saturated heterocycles. The summed E-state index contributed by atoms with van der Waals surface area (Å²) in [5, 5.41) is 0. The minimum atomic E-state index is -1.43. The van der Waals surface area contributed by atoms with Gasteiger partial charge in [-0.25, -0.2) is 0 Å². The molecule has 0 bridgehead atoms. The average molecular weight is 165 g/mol. The first-order chi connectivity index (χ1) is 4.31. The summed E-state index contributed by atoms with van der Waals surface area (Å²) in [7, 11) is -1.43. The van der Waals surface area contributed by atoms with Crippen LogP contribution in [0.25, 0.3) is 0 Å². The van der Waals surface area contributed by atoms with Gasteiger partial charge in [0.05, 0.1) is 0 Å². The number of hydrogen-bond donors (Lipinski definition) is 0. The molecule has 0 aromatic rings. The maximum atomic E-state index is 5.79. The summed E-state index contributed by atoms with van der Waals surface area (Å²) < 4.78 is 5.25. The molecule has 0 aromatic heterocycles. The van der Waals surface area contributed by atoms with Crippen molar-refractivity contribution in [2.75, 3.05) is 6.61 Å². The van der Waals surface area contributed by atoms with Crippen molar-refractivity contribution in [3.05, 3.63) is 11.8 Å². The van der Waals surface area contributed by atoms with Gasteiger partial charge in [0.25, 0.3) is 8.35 Å². The highest BCUT2D eigenvalue weighted by Crippen LogP contribution is 1.94. The van der Waals surface area contributed by atoms with Gasteiger partial charge < -0.3 is 4.43 Å². The second-order valence-corrected chi connectivity index (χ2v) is 4.46. The van der Waals surface area contributed by atoms with Crippen LogP contribution in [-0.2, 0) is 4.43 Å². The lowest BCUT2D eigenvalue weighted by Gasteiger charge is -2.01. The van der Waals surface area contributed by atoms with Crippen molar-refractivity contribution < 1.29 is 4.43 Å². The van der Waals surface area contributed by atoms with Crippen LogP contribution >= 0.6 is 11.1 Å². The van der Waals surface area contributed by atoms with E-state index in [1.54, 1.807) is 0 Å². The fourth-order valence-corrected chi connectivity index (χ4v) is 2.02. The van der Waals surface area contributed by atoms with Crippen molar-refractivity contribution in [1.82, 2.24) is 0 Å². The predicted molar refractivity (Wildman–Crippen MR) is 44.1 cm³/mol. The molecular formula is C6H13ClOSi. The Morgan fingerprint density at radius 1 is 1.67 bits per heavy atom. The molecule has 0 spiro atoms. The number of allylic oxidation sites excluding steroid dienone is 1. The van der Waals surface area contributed by atoms with E-state index in [2.05, 4.69) is 6.92 Å². The van der Waals surface area contributed by atoms with Gasteiger partial charge in [0.2, 0.25) is 0 Å². The summed E-state index contributed by atoms with van der Waals surface area (Å²) in [4.78, 5) is 0. The molecule has 0 heterocycles. The third kappa shape index (κ3) is 6.09. The predicted octanol–water partition coefficient (Wildman–Crippen LogP) is 1.99. The van der Waals surface area contributed by atoms with Crippen LogP contribution in [0.4, 0.5) is 0 Å². The molecule has 1 unspecified atom stereocenters. The van der Waals surface area contributed by atoms with Crippen LogP contribution < -0.4 is 0 Å². The third-order valence-electron chi connectivity index (χ3n) is 0.825. The maximum absolute atomic E-state index is 5.79. The first-order valence-electron chi connectivity index (χ1n) is 3.19. The van der Waals surface area contributed by atoms with E-state index in [1.165, 1.54) is 0 Å². The van der Waals surface area contributed by atoms with E-state index in [-0.39, 0.29) is 0 Å². The highest BCUT2D eigenvalue weighted by atomic mass is 35.6. The van der Waals surface area contributed by atoms with Gasteiger partial charge in [0.15, 0.2) is 0 Å². The molecule has 0 fully saturated rings. The van der Waals surface area contributed by atoms with Gasteiger partial charge in [-0.2, -0.15) is 0 Å². The van der Waals surface area contributed by atoms with Gasteiger partial charge in [-0.3, -0.25) is 0 Å². The lowest BCUT2D eigenvalue weighted by atomic mass is 10.5. The van der Waals surface area contributed by atoms with Crippen LogP contribution in [0.5, 0.6) is 0 Å². The van der Waals surface area contributed by atoms with E-state index < -0.39 is 8.35 Å². The molecule has 0 rings (SSSR count). The molecule has 0 N–H and O–H groups in total. The smallest absolute Gasteiger partial charge is 0.298 e. The number of halogens is 1. The first-order valence-corrected chi connectivity index (χ1v) is 6.08. The SMILES string of the molecule is CC=C[SiH](Cl)OCCC. The summed E-state index contributed by atoms with van der Waals surface area (Å²) in [5.74, 6) is 0. The normalized spacial score (nSPS) is 14.6. The minimum Gasteiger partial charge on any atom is -0.403 e. The highest BCUT2D eigenvalue weighted by molar-refractivity contribution is 7.06. The first kappa shape index (κ1) is 9.21. The van der Waals surface area contributed by atoms with Gasteiger partial charge in [0.1, 0.15) is 0 Å². The van der Waals surface area contributed by atoms with Gasteiger partial charge in [-0.05, 0) is 13.3 Å². The number of hydrogen-bond acceptors (Lipinski definition) is 1. The fraction of sp³-hybridized carbons (Fsp3) is 0.667. The Labute approximate surface area is 63.1 Å². The summed E-state index contributed by atoms with van der Waals surface area (Å²) in [6.45, 7) is 4.83. The zero-order chi connectivity index (χ0) is 7.11.